The van der Waals surface area contributed by atoms with Gasteiger partial charge < -0.3 is 10.2 Å². The topological polar surface area (TPSA) is 65.4 Å². The molecule has 0 aliphatic heterocycles. The fraction of sp³-hybridized carbons (Fsp3) is 0.333. The summed E-state index contributed by atoms with van der Waals surface area (Å²) in [4.78, 5) is 8.72. The number of nitrogens with zero attached hydrogens (tertiary/aromatic N) is 3. The third-order valence-electron chi connectivity index (χ3n) is 4.73. The lowest BCUT2D eigenvalue weighted by Gasteiger charge is -2.36. The summed E-state index contributed by atoms with van der Waals surface area (Å²) in [7, 11) is -1.96. The molecule has 0 aliphatic carbocycles. The molecule has 0 atom stereocenters. The smallest absolute Gasteiger partial charge is 0.250 e. The van der Waals surface area contributed by atoms with Crippen LogP contribution < -0.4 is 10.2 Å². The third-order valence-corrected chi connectivity index (χ3v) is 9.09. The third kappa shape index (κ3) is 3.37. The van der Waals surface area contributed by atoms with Gasteiger partial charge in [0.25, 0.3) is 8.32 Å². The molecule has 3 aromatic rings. The molecule has 2 heterocycles. The van der Waals surface area contributed by atoms with Gasteiger partial charge in [0, 0.05) is 17.4 Å². The Morgan fingerprint density at radius 2 is 1.92 bits per heavy atom. The van der Waals surface area contributed by atoms with E-state index < -0.39 is 8.32 Å². The van der Waals surface area contributed by atoms with E-state index in [0.29, 0.717) is 28.5 Å². The Balaban J connectivity index is 1.99. The van der Waals surface area contributed by atoms with Crippen LogP contribution in [0.25, 0.3) is 17.0 Å². The van der Waals surface area contributed by atoms with Gasteiger partial charge in [-0.1, -0.05) is 20.8 Å². The van der Waals surface area contributed by atoms with Crippen molar-refractivity contribution < 1.29 is 8.82 Å². The number of aromatic nitrogens is 3. The average molecular weight is 358 g/mol. The van der Waals surface area contributed by atoms with Crippen LogP contribution >= 0.6 is 0 Å². The zero-order chi connectivity index (χ0) is 18.4. The fourth-order valence-electron chi connectivity index (χ4n) is 2.24. The van der Waals surface area contributed by atoms with Crippen molar-refractivity contribution in [2.45, 2.75) is 38.9 Å². The second-order valence-electron chi connectivity index (χ2n) is 7.72. The highest BCUT2D eigenvalue weighted by Gasteiger charge is 2.39. The van der Waals surface area contributed by atoms with Gasteiger partial charge in [0.2, 0.25) is 5.78 Å². The Kier molecular flexibility index (Phi) is 4.07. The van der Waals surface area contributed by atoms with E-state index in [0.717, 1.165) is 0 Å². The highest BCUT2D eigenvalue weighted by Crippen LogP contribution is 2.37. The van der Waals surface area contributed by atoms with Gasteiger partial charge in [0.15, 0.2) is 0 Å². The van der Waals surface area contributed by atoms with Crippen molar-refractivity contribution in [2.75, 3.05) is 5.73 Å². The maximum atomic E-state index is 14.1. The maximum Gasteiger partial charge on any atom is 0.250 e. The molecule has 0 fully saturated rings. The summed E-state index contributed by atoms with van der Waals surface area (Å²) < 4.78 is 22.1. The van der Waals surface area contributed by atoms with Gasteiger partial charge in [-0.05, 0) is 36.3 Å². The van der Waals surface area contributed by atoms with Crippen molar-refractivity contribution in [3.8, 4) is 17.0 Å². The minimum absolute atomic E-state index is 0.0900. The van der Waals surface area contributed by atoms with Crippen molar-refractivity contribution >= 4 is 19.8 Å². The number of nitrogen functional groups attached to an aromatic ring is 1. The molecule has 0 saturated carbocycles. The first-order chi connectivity index (χ1) is 11.6. The number of rotatable bonds is 3. The van der Waals surface area contributed by atoms with E-state index in [1.54, 1.807) is 22.9 Å². The van der Waals surface area contributed by atoms with Gasteiger partial charge in [0.1, 0.15) is 11.6 Å². The van der Waals surface area contributed by atoms with E-state index in [9.17, 15) is 4.39 Å². The first kappa shape index (κ1) is 17.4. The van der Waals surface area contributed by atoms with E-state index in [4.69, 9.17) is 10.2 Å². The zero-order valence-electron chi connectivity index (χ0n) is 15.2. The summed E-state index contributed by atoms with van der Waals surface area (Å²) >= 11 is 0. The minimum Gasteiger partial charge on any atom is -0.541 e. The molecule has 0 aliphatic rings. The lowest BCUT2D eigenvalue weighted by Crippen LogP contribution is -2.43. The molecule has 0 unspecified atom stereocenters. The van der Waals surface area contributed by atoms with E-state index in [1.807, 2.05) is 6.20 Å². The fourth-order valence-corrected chi connectivity index (χ4v) is 3.24. The first-order valence-corrected chi connectivity index (χ1v) is 11.1. The summed E-state index contributed by atoms with van der Waals surface area (Å²) in [6, 6.07) is 4.44. The molecule has 132 valence electrons. The standard InChI is InChI=1S/C18H23FN4OSi/c1-18(2,3)25(4,5)24-13-9-21-17-22-16(11-23(17)10-13)14-8-12(20)6-7-15(14)19/h6-11H,20H2,1-5H3. The normalized spacial score (nSPS) is 12.6. The Morgan fingerprint density at radius 1 is 1.20 bits per heavy atom. The lowest BCUT2D eigenvalue weighted by atomic mass is 10.1. The molecular formula is C18H23FN4OSi. The van der Waals surface area contributed by atoms with Crippen LogP contribution in [0.4, 0.5) is 10.1 Å². The SMILES string of the molecule is CC(C)(C)[Si](C)(C)Oc1cnc2nc(-c3cc(N)ccc3F)cn2c1. The lowest BCUT2D eigenvalue weighted by molar-refractivity contribution is 0.487. The number of anilines is 1. The zero-order valence-corrected chi connectivity index (χ0v) is 16.2. The van der Waals surface area contributed by atoms with Crippen LogP contribution in [-0.2, 0) is 0 Å². The molecule has 3 rings (SSSR count). The van der Waals surface area contributed by atoms with Crippen molar-refractivity contribution in [1.82, 2.24) is 14.4 Å². The number of imidazole rings is 1. The molecule has 5 nitrogen and oxygen atoms in total. The minimum atomic E-state index is -1.96. The summed E-state index contributed by atoms with van der Waals surface area (Å²) in [6.07, 6.45) is 5.24. The Labute approximate surface area is 147 Å². The van der Waals surface area contributed by atoms with Crippen molar-refractivity contribution in [3.63, 3.8) is 0 Å². The van der Waals surface area contributed by atoms with Gasteiger partial charge in [0.05, 0.1) is 18.1 Å². The number of hydrogen-bond donors (Lipinski definition) is 1. The first-order valence-electron chi connectivity index (χ1n) is 8.16. The number of nitrogens with two attached hydrogens (primary N) is 1. The molecule has 0 spiro atoms. The van der Waals surface area contributed by atoms with Crippen molar-refractivity contribution in [3.05, 3.63) is 42.6 Å². The molecule has 0 saturated heterocycles. The van der Waals surface area contributed by atoms with Crippen LogP contribution in [0.3, 0.4) is 0 Å². The van der Waals surface area contributed by atoms with E-state index in [2.05, 4.69) is 43.8 Å². The Hall–Kier alpha value is -2.41. The van der Waals surface area contributed by atoms with Gasteiger partial charge in [-0.25, -0.2) is 14.4 Å². The van der Waals surface area contributed by atoms with Gasteiger partial charge in [-0.2, -0.15) is 0 Å². The number of fused-ring (bicyclic) bond motifs is 1. The van der Waals surface area contributed by atoms with Crippen LogP contribution in [0, 0.1) is 5.82 Å². The highest BCUT2D eigenvalue weighted by atomic mass is 28.4. The van der Waals surface area contributed by atoms with Gasteiger partial charge in [-0.3, -0.25) is 4.40 Å². The monoisotopic (exact) mass is 358 g/mol. The molecule has 2 aromatic heterocycles. The van der Waals surface area contributed by atoms with Crippen molar-refractivity contribution in [1.29, 1.82) is 0 Å². The molecule has 0 radical (unpaired) electrons. The summed E-state index contributed by atoms with van der Waals surface area (Å²) in [6.45, 7) is 10.9. The van der Waals surface area contributed by atoms with E-state index >= 15 is 0 Å². The van der Waals surface area contributed by atoms with Crippen molar-refractivity contribution in [2.24, 2.45) is 0 Å². The largest absolute Gasteiger partial charge is 0.541 e. The van der Waals surface area contributed by atoms with Crippen LogP contribution in [0.1, 0.15) is 20.8 Å². The van der Waals surface area contributed by atoms with E-state index in [1.165, 1.54) is 12.1 Å². The predicted octanol–water partition coefficient (Wildman–Crippen LogP) is 4.50. The van der Waals surface area contributed by atoms with Gasteiger partial charge >= 0.3 is 0 Å². The summed E-state index contributed by atoms with van der Waals surface area (Å²) in [5, 5.41) is 0.0900. The number of halogens is 1. The average Bonchev–Trinajstić information content (AvgIpc) is 2.91. The molecule has 0 bridgehead atoms. The molecule has 0 amide bonds. The number of benzene rings is 1. The highest BCUT2D eigenvalue weighted by molar-refractivity contribution is 6.74. The van der Waals surface area contributed by atoms with Gasteiger partial charge in [-0.15, -0.1) is 0 Å². The van der Waals surface area contributed by atoms with E-state index in [-0.39, 0.29) is 10.9 Å². The Bertz CT molecular complexity index is 930. The Morgan fingerprint density at radius 3 is 2.60 bits per heavy atom. The summed E-state index contributed by atoms with van der Waals surface area (Å²) in [5.41, 5.74) is 7.10. The quantitative estimate of drug-likeness (QED) is 0.553. The summed E-state index contributed by atoms with van der Waals surface area (Å²) in [5.74, 6) is 0.811. The van der Waals surface area contributed by atoms with Crippen LogP contribution in [-0.4, -0.2) is 22.7 Å². The molecule has 2 N–H and O–H groups in total. The van der Waals surface area contributed by atoms with Crippen LogP contribution in [0.2, 0.25) is 18.1 Å². The number of hydrogen-bond acceptors (Lipinski definition) is 4. The molecule has 1 aromatic carbocycles. The second-order valence-corrected chi connectivity index (χ2v) is 12.4. The molecule has 25 heavy (non-hydrogen) atoms. The second kappa shape index (κ2) is 5.84. The molecular weight excluding hydrogens is 335 g/mol. The van der Waals surface area contributed by atoms with Crippen LogP contribution in [0.15, 0.2) is 36.8 Å². The maximum absolute atomic E-state index is 14.1. The van der Waals surface area contributed by atoms with Crippen LogP contribution in [0.5, 0.6) is 5.75 Å². The molecule has 7 heteroatoms. The predicted molar refractivity (Wildman–Crippen MR) is 101 cm³/mol.